The van der Waals surface area contributed by atoms with E-state index >= 15 is 0 Å². The van der Waals surface area contributed by atoms with Crippen LogP contribution in [0.2, 0.25) is 0 Å². The number of aliphatic imine (C=N–C) groups is 2. The molecule has 0 radical (unpaired) electrons. The highest BCUT2D eigenvalue weighted by molar-refractivity contribution is 6.31. The molecule has 0 heterocycles. The third kappa shape index (κ3) is 12.2. The van der Waals surface area contributed by atoms with E-state index in [1.807, 2.05) is 91.0 Å². The first-order valence-electron chi connectivity index (χ1n) is 17.0. The van der Waals surface area contributed by atoms with Gasteiger partial charge in [-0.2, -0.15) is 0 Å². The zero-order valence-electron chi connectivity index (χ0n) is 30.3. The summed E-state index contributed by atoms with van der Waals surface area (Å²) in [6, 6.07) is 29.1. The number of allylic oxidation sites excluding steroid dienone is 7. The minimum absolute atomic E-state index is 0.346. The van der Waals surface area contributed by atoms with Crippen molar-refractivity contribution in [3.63, 3.8) is 0 Å². The molecule has 0 amide bonds. The van der Waals surface area contributed by atoms with Crippen molar-refractivity contribution in [1.29, 1.82) is 0 Å². The zero-order valence-corrected chi connectivity index (χ0v) is 30.3. The van der Waals surface area contributed by atoms with Gasteiger partial charge < -0.3 is 5.73 Å². The van der Waals surface area contributed by atoms with Crippen LogP contribution in [0.5, 0.6) is 0 Å². The van der Waals surface area contributed by atoms with Gasteiger partial charge in [-0.1, -0.05) is 170 Å². The molecule has 47 heavy (non-hydrogen) atoms. The first-order valence-corrected chi connectivity index (χ1v) is 17.0. The molecule has 248 valence electrons. The Labute approximate surface area is 286 Å². The van der Waals surface area contributed by atoms with Crippen LogP contribution in [0, 0.1) is 5.92 Å². The van der Waals surface area contributed by atoms with E-state index < -0.39 is 0 Å². The van der Waals surface area contributed by atoms with E-state index in [1.165, 1.54) is 11.1 Å². The minimum Gasteiger partial charge on any atom is -0.397 e. The smallest absolute Gasteiger partial charge is 0.0816 e. The Morgan fingerprint density at radius 1 is 0.723 bits per heavy atom. The molecule has 3 nitrogen and oxygen atoms in total. The Hall–Kier alpha value is -4.76. The molecule has 0 aromatic heterocycles. The maximum absolute atomic E-state index is 6.27. The SMILES string of the molecule is C=C/C=C(\C(=C/C)N=C(C(=C)c1ccc(C(Cc2ccccc2)=NC(=C/C)/C(N)=C\C)cc1)c1ccccc1)C(C)CC.CC.CC. The third-order valence-corrected chi connectivity index (χ3v) is 7.49. The van der Waals surface area contributed by atoms with Crippen molar-refractivity contribution < 1.29 is 0 Å². The molecule has 3 aromatic carbocycles. The van der Waals surface area contributed by atoms with Crippen molar-refractivity contribution in [3.8, 4) is 0 Å². The Morgan fingerprint density at radius 3 is 1.74 bits per heavy atom. The molecule has 3 rings (SSSR count). The molecule has 1 unspecified atom stereocenters. The zero-order chi connectivity index (χ0) is 35.2. The maximum Gasteiger partial charge on any atom is 0.0816 e. The van der Waals surface area contributed by atoms with Crippen LogP contribution in [-0.4, -0.2) is 11.4 Å². The van der Waals surface area contributed by atoms with Crippen molar-refractivity contribution in [1.82, 2.24) is 0 Å². The summed E-state index contributed by atoms with van der Waals surface area (Å²) in [5.41, 5.74) is 16.7. The standard InChI is InChI=1S/C40H45N3.2C2H6/c1-8-19-35(29(6)9-2)37(11-4)43-40(34-22-17-14-18-23-34)30(7)32-24-26-33(27-25-32)39(28-31-20-15-13-16-21-31)42-38(12-5)36(41)10-3;2*1-2/h8,10-27,29H,1,7,9,28,41H2,2-6H3;2*1-2H3/b35-19-,36-10+,37-11+,38-12+,42-39?,43-40?;;. The molecule has 0 aliphatic rings. The predicted octanol–water partition coefficient (Wildman–Crippen LogP) is 12.1. The van der Waals surface area contributed by atoms with E-state index in [0.29, 0.717) is 18.0 Å². The molecule has 1 atom stereocenters. The molecule has 0 fully saturated rings. The number of hydrogen-bond acceptors (Lipinski definition) is 3. The molecule has 3 heteroatoms. The molecule has 0 saturated heterocycles. The fourth-order valence-corrected chi connectivity index (χ4v) is 4.75. The van der Waals surface area contributed by atoms with E-state index in [9.17, 15) is 0 Å². The lowest BCUT2D eigenvalue weighted by atomic mass is 9.93. The van der Waals surface area contributed by atoms with Crippen molar-refractivity contribution in [2.45, 2.75) is 75.2 Å². The molecule has 0 bridgehead atoms. The fraction of sp³-hybridized carbons (Fsp3) is 0.273. The number of nitrogens with two attached hydrogens (primary N) is 1. The lowest BCUT2D eigenvalue weighted by molar-refractivity contribution is 0.660. The second-order valence-corrected chi connectivity index (χ2v) is 10.4. The summed E-state index contributed by atoms with van der Waals surface area (Å²) >= 11 is 0. The van der Waals surface area contributed by atoms with Crippen LogP contribution in [0.15, 0.2) is 161 Å². The number of benzene rings is 3. The summed E-state index contributed by atoms with van der Waals surface area (Å²) in [5.74, 6) is 0.346. The Balaban J connectivity index is 0.00000265. The minimum atomic E-state index is 0.346. The molecular formula is C44H57N3. The highest BCUT2D eigenvalue weighted by Crippen LogP contribution is 2.28. The van der Waals surface area contributed by atoms with Gasteiger partial charge in [0, 0.05) is 17.6 Å². The first kappa shape index (κ1) is 40.3. The Bertz CT molecular complexity index is 1560. The molecule has 3 aromatic rings. The van der Waals surface area contributed by atoms with E-state index in [2.05, 4.69) is 99.8 Å². The van der Waals surface area contributed by atoms with Crippen LogP contribution in [0.4, 0.5) is 0 Å². The summed E-state index contributed by atoms with van der Waals surface area (Å²) in [4.78, 5) is 10.2. The van der Waals surface area contributed by atoms with Crippen molar-refractivity contribution in [2.24, 2.45) is 21.6 Å². The van der Waals surface area contributed by atoms with Gasteiger partial charge in [0.25, 0.3) is 0 Å². The van der Waals surface area contributed by atoms with E-state index in [-0.39, 0.29) is 0 Å². The van der Waals surface area contributed by atoms with Gasteiger partial charge >= 0.3 is 0 Å². The lowest BCUT2D eigenvalue weighted by Crippen LogP contribution is -2.10. The van der Waals surface area contributed by atoms with Gasteiger partial charge in [-0.15, -0.1) is 0 Å². The predicted molar refractivity (Wildman–Crippen MR) is 211 cm³/mol. The highest BCUT2D eigenvalue weighted by Gasteiger charge is 2.16. The molecule has 0 spiro atoms. The van der Waals surface area contributed by atoms with E-state index in [4.69, 9.17) is 15.7 Å². The van der Waals surface area contributed by atoms with Crippen molar-refractivity contribution >= 4 is 17.0 Å². The number of rotatable bonds is 13. The second-order valence-electron chi connectivity index (χ2n) is 10.4. The molecule has 0 saturated carbocycles. The van der Waals surface area contributed by atoms with Crippen LogP contribution < -0.4 is 5.73 Å². The summed E-state index contributed by atoms with van der Waals surface area (Å²) in [7, 11) is 0. The summed E-state index contributed by atoms with van der Waals surface area (Å²) in [6.45, 7) is 26.8. The van der Waals surface area contributed by atoms with Crippen LogP contribution >= 0.6 is 0 Å². The number of hydrogen-bond donors (Lipinski definition) is 1. The first-order chi connectivity index (χ1) is 22.9. The van der Waals surface area contributed by atoms with E-state index in [0.717, 1.165) is 51.5 Å². The van der Waals surface area contributed by atoms with Gasteiger partial charge in [0.2, 0.25) is 0 Å². The highest BCUT2D eigenvalue weighted by atomic mass is 14.8. The summed E-state index contributed by atoms with van der Waals surface area (Å²) in [5, 5.41) is 0. The van der Waals surface area contributed by atoms with Gasteiger partial charge in [0.15, 0.2) is 0 Å². The summed E-state index contributed by atoms with van der Waals surface area (Å²) < 4.78 is 0. The molecule has 2 N–H and O–H groups in total. The Kier molecular flexibility index (Phi) is 19.4. The topological polar surface area (TPSA) is 50.7 Å². The Morgan fingerprint density at radius 2 is 1.26 bits per heavy atom. The fourth-order valence-electron chi connectivity index (χ4n) is 4.75. The summed E-state index contributed by atoms with van der Waals surface area (Å²) in [6.07, 6.45) is 11.5. The van der Waals surface area contributed by atoms with E-state index in [1.54, 1.807) is 0 Å². The lowest BCUT2D eigenvalue weighted by Gasteiger charge is -2.18. The monoisotopic (exact) mass is 627 g/mol. The van der Waals surface area contributed by atoms with Gasteiger partial charge in [0.05, 0.1) is 28.5 Å². The quantitative estimate of drug-likeness (QED) is 0.149. The third-order valence-electron chi connectivity index (χ3n) is 7.49. The van der Waals surface area contributed by atoms with Crippen LogP contribution in [0.1, 0.15) is 91.0 Å². The number of nitrogens with zero attached hydrogens (tertiary/aromatic N) is 2. The molecule has 0 aliphatic carbocycles. The average Bonchev–Trinajstić information content (AvgIpc) is 3.14. The van der Waals surface area contributed by atoms with Crippen LogP contribution in [-0.2, 0) is 6.42 Å². The normalized spacial score (nSPS) is 13.5. The molecular weight excluding hydrogens is 571 g/mol. The largest absolute Gasteiger partial charge is 0.397 e. The average molecular weight is 628 g/mol. The van der Waals surface area contributed by atoms with Crippen LogP contribution in [0.3, 0.4) is 0 Å². The van der Waals surface area contributed by atoms with Gasteiger partial charge in [-0.25, -0.2) is 4.99 Å². The maximum atomic E-state index is 6.27. The van der Waals surface area contributed by atoms with Gasteiger partial charge in [0.1, 0.15) is 0 Å². The van der Waals surface area contributed by atoms with Crippen LogP contribution in [0.25, 0.3) is 5.57 Å². The van der Waals surface area contributed by atoms with Gasteiger partial charge in [-0.05, 0) is 55.4 Å². The molecule has 0 aliphatic heterocycles. The van der Waals surface area contributed by atoms with Gasteiger partial charge in [-0.3, -0.25) is 4.99 Å². The van der Waals surface area contributed by atoms with Crippen molar-refractivity contribution in [3.05, 3.63) is 173 Å². The second kappa shape index (κ2) is 22.7. The van der Waals surface area contributed by atoms with Crippen molar-refractivity contribution in [2.75, 3.05) is 0 Å².